The molecule has 0 aliphatic heterocycles. The van der Waals surface area contributed by atoms with Gasteiger partial charge in [-0.15, -0.1) is 0 Å². The number of phosphoric ester groups is 1. The summed E-state index contributed by atoms with van der Waals surface area (Å²) in [5, 5.41) is 0. The molecule has 7 heteroatoms. The number of rotatable bonds is 4. The monoisotopic (exact) mass is 217 g/mol. The van der Waals surface area contributed by atoms with Crippen molar-refractivity contribution in [2.75, 3.05) is 34.3 Å². The lowest BCUT2D eigenvalue weighted by Gasteiger charge is -2.25. The van der Waals surface area contributed by atoms with E-state index in [1.165, 1.54) is 0 Å². The molecule has 0 spiro atoms. The van der Waals surface area contributed by atoms with Crippen LogP contribution in [0.25, 0.3) is 0 Å². The topological polar surface area (TPSA) is 69.6 Å². The van der Waals surface area contributed by atoms with Gasteiger partial charge >= 0.3 is 0 Å². The van der Waals surface area contributed by atoms with Gasteiger partial charge in [-0.05, 0) is 0 Å². The van der Waals surface area contributed by atoms with Crippen LogP contribution in [0.3, 0.4) is 0 Å². The van der Waals surface area contributed by atoms with Crippen molar-refractivity contribution in [2.24, 2.45) is 0 Å². The van der Waals surface area contributed by atoms with Crippen molar-refractivity contribution >= 4 is 21.3 Å². The van der Waals surface area contributed by atoms with Crippen LogP contribution in [0.15, 0.2) is 0 Å². The van der Waals surface area contributed by atoms with Gasteiger partial charge < -0.3 is 18.8 Å². The Morgan fingerprint density at radius 3 is 2.17 bits per heavy atom. The van der Waals surface area contributed by atoms with Gasteiger partial charge in [0.15, 0.2) is 0 Å². The van der Waals surface area contributed by atoms with E-state index in [-0.39, 0.29) is 20.1 Å². The molecule has 1 atom stereocenters. The zero-order valence-electron chi connectivity index (χ0n) is 7.48. The lowest BCUT2D eigenvalue weighted by Crippen LogP contribution is -2.37. The molecular formula is C5H16NO4PS. The minimum Gasteiger partial charge on any atom is -0.756 e. The number of phosphoric acid groups is 1. The van der Waals surface area contributed by atoms with E-state index in [0.29, 0.717) is 11.0 Å². The molecule has 12 heavy (non-hydrogen) atoms. The first kappa shape index (κ1) is 14.9. The highest BCUT2D eigenvalue weighted by Crippen LogP contribution is 2.29. The SMILES string of the molecule is C[N+](C)(C)CCOP(=O)([O-])O.S. The fourth-order valence-corrected chi connectivity index (χ4v) is 0.742. The third-order valence-corrected chi connectivity index (χ3v) is 1.53. The molecule has 1 N–H and O–H groups in total. The summed E-state index contributed by atoms with van der Waals surface area (Å²) in [6.07, 6.45) is 0. The summed E-state index contributed by atoms with van der Waals surface area (Å²) in [6.45, 7) is 0.549. The number of nitrogens with zero attached hydrogens (tertiary/aromatic N) is 1. The van der Waals surface area contributed by atoms with Crippen LogP contribution in [0, 0.1) is 0 Å². The molecule has 0 aromatic carbocycles. The van der Waals surface area contributed by atoms with Crippen molar-refractivity contribution in [3.63, 3.8) is 0 Å². The van der Waals surface area contributed by atoms with Crippen molar-refractivity contribution in [2.45, 2.75) is 0 Å². The Hall–Kier alpha value is 0.420. The van der Waals surface area contributed by atoms with E-state index in [1.54, 1.807) is 0 Å². The largest absolute Gasteiger partial charge is 0.756 e. The zero-order chi connectivity index (χ0) is 9.12. The second-order valence-corrected chi connectivity index (χ2v) is 4.51. The molecule has 1 unspecified atom stereocenters. The second-order valence-electron chi connectivity index (χ2n) is 3.32. The van der Waals surface area contributed by atoms with E-state index in [1.807, 2.05) is 21.1 Å². The van der Waals surface area contributed by atoms with Gasteiger partial charge in [-0.3, -0.25) is 4.57 Å². The van der Waals surface area contributed by atoms with Gasteiger partial charge in [-0.1, -0.05) is 0 Å². The number of hydrogen-bond acceptors (Lipinski definition) is 3. The van der Waals surface area contributed by atoms with Crippen LogP contribution in [-0.4, -0.2) is 43.7 Å². The van der Waals surface area contributed by atoms with E-state index >= 15 is 0 Å². The fraction of sp³-hybridized carbons (Fsp3) is 1.00. The van der Waals surface area contributed by atoms with Gasteiger partial charge in [0, 0.05) is 0 Å². The van der Waals surface area contributed by atoms with Gasteiger partial charge in [0.05, 0.1) is 21.1 Å². The number of hydrogen-bond donors (Lipinski definition) is 1. The predicted octanol–water partition coefficient (Wildman–Crippen LogP) is -0.717. The molecule has 0 rings (SSSR count). The van der Waals surface area contributed by atoms with Crippen LogP contribution >= 0.6 is 21.3 Å². The molecule has 0 saturated heterocycles. The Morgan fingerprint density at radius 1 is 1.50 bits per heavy atom. The number of quaternary nitrogens is 1. The zero-order valence-corrected chi connectivity index (χ0v) is 9.38. The maximum absolute atomic E-state index is 10.1. The number of likely N-dealkylation sites (N-methyl/N-ethyl adjacent to an activating group) is 1. The minimum absolute atomic E-state index is 0. The van der Waals surface area contributed by atoms with Gasteiger partial charge in [0.1, 0.15) is 13.2 Å². The van der Waals surface area contributed by atoms with E-state index in [9.17, 15) is 9.46 Å². The third kappa shape index (κ3) is 13.0. The Bertz CT molecular complexity index is 163. The molecule has 0 aromatic heterocycles. The van der Waals surface area contributed by atoms with Crippen LogP contribution in [0.5, 0.6) is 0 Å². The predicted molar refractivity (Wildman–Crippen MR) is 49.1 cm³/mol. The second kappa shape index (κ2) is 5.21. The Balaban J connectivity index is 0. The molecule has 0 bridgehead atoms. The average molecular weight is 217 g/mol. The van der Waals surface area contributed by atoms with E-state index < -0.39 is 7.82 Å². The maximum atomic E-state index is 10.1. The normalized spacial score (nSPS) is 16.4. The first-order valence-corrected chi connectivity index (χ1v) is 4.69. The Labute approximate surface area is 79.6 Å². The van der Waals surface area contributed by atoms with Crippen molar-refractivity contribution in [1.82, 2.24) is 0 Å². The van der Waals surface area contributed by atoms with Gasteiger partial charge in [-0.2, -0.15) is 13.5 Å². The summed E-state index contributed by atoms with van der Waals surface area (Å²) in [5.41, 5.74) is 0. The fourth-order valence-electron chi connectivity index (χ4n) is 0.430. The summed E-state index contributed by atoms with van der Waals surface area (Å²) in [6, 6.07) is 0. The van der Waals surface area contributed by atoms with Crippen LogP contribution in [0.4, 0.5) is 0 Å². The van der Waals surface area contributed by atoms with Crippen molar-refractivity contribution in [3.8, 4) is 0 Å². The van der Waals surface area contributed by atoms with Crippen molar-refractivity contribution in [1.29, 1.82) is 0 Å². The summed E-state index contributed by atoms with van der Waals surface area (Å²) < 4.78 is 14.8. The molecule has 0 saturated carbocycles. The average Bonchev–Trinajstić information content (AvgIpc) is 1.55. The quantitative estimate of drug-likeness (QED) is 0.498. The van der Waals surface area contributed by atoms with E-state index in [2.05, 4.69) is 4.52 Å². The highest BCUT2D eigenvalue weighted by molar-refractivity contribution is 7.59. The van der Waals surface area contributed by atoms with Crippen LogP contribution < -0.4 is 4.89 Å². The molecule has 0 amide bonds. The van der Waals surface area contributed by atoms with Crippen LogP contribution in [0.2, 0.25) is 0 Å². The smallest absolute Gasteiger partial charge is 0.265 e. The van der Waals surface area contributed by atoms with Crippen LogP contribution in [-0.2, 0) is 9.09 Å². The van der Waals surface area contributed by atoms with Gasteiger partial charge in [0.2, 0.25) is 0 Å². The molecular weight excluding hydrogens is 201 g/mol. The standard InChI is InChI=1S/C5H14NO4P.H2S/c1-6(2,3)4-5-10-11(7,8)9;/h4-5H2,1-3H3,(H-,7,8,9);1H2. The molecule has 0 aromatic rings. The summed E-state index contributed by atoms with van der Waals surface area (Å²) in [4.78, 5) is 18.3. The Morgan fingerprint density at radius 2 is 1.92 bits per heavy atom. The molecule has 76 valence electrons. The molecule has 0 aliphatic rings. The van der Waals surface area contributed by atoms with Crippen molar-refractivity contribution in [3.05, 3.63) is 0 Å². The van der Waals surface area contributed by atoms with Crippen molar-refractivity contribution < 1.29 is 23.4 Å². The molecule has 0 heterocycles. The van der Waals surface area contributed by atoms with Gasteiger partial charge in [0.25, 0.3) is 7.82 Å². The first-order valence-electron chi connectivity index (χ1n) is 3.19. The lowest BCUT2D eigenvalue weighted by atomic mass is 10.5. The van der Waals surface area contributed by atoms with E-state index in [0.717, 1.165) is 0 Å². The summed E-state index contributed by atoms with van der Waals surface area (Å²) in [7, 11) is 1.19. The minimum atomic E-state index is -4.51. The van der Waals surface area contributed by atoms with E-state index in [4.69, 9.17) is 4.89 Å². The third-order valence-electron chi connectivity index (χ3n) is 1.02. The summed E-state index contributed by atoms with van der Waals surface area (Å²) in [5.74, 6) is 0. The van der Waals surface area contributed by atoms with Crippen LogP contribution in [0.1, 0.15) is 0 Å². The molecule has 0 aliphatic carbocycles. The molecule has 0 radical (unpaired) electrons. The van der Waals surface area contributed by atoms with Gasteiger partial charge in [-0.25, -0.2) is 0 Å². The Kier molecular flexibility index (Phi) is 6.48. The first-order chi connectivity index (χ1) is 4.71. The highest BCUT2D eigenvalue weighted by atomic mass is 32.1. The molecule has 5 nitrogen and oxygen atoms in total. The highest BCUT2D eigenvalue weighted by Gasteiger charge is 2.08. The lowest BCUT2D eigenvalue weighted by molar-refractivity contribution is -0.870. The molecule has 0 fully saturated rings. The summed E-state index contributed by atoms with van der Waals surface area (Å²) >= 11 is 0. The maximum Gasteiger partial charge on any atom is 0.265 e.